The van der Waals surface area contributed by atoms with Crippen LogP contribution in [-0.4, -0.2) is 21.6 Å². The molecule has 0 saturated heterocycles. The maximum atomic E-state index is 13.3. The molecule has 2 nitrogen and oxygen atoms in total. The summed E-state index contributed by atoms with van der Waals surface area (Å²) in [4.78, 5) is 0. The lowest BCUT2D eigenvalue weighted by atomic mass is 10.0. The van der Waals surface area contributed by atoms with Gasteiger partial charge in [-0.1, -0.05) is 27.5 Å². The van der Waals surface area contributed by atoms with E-state index in [1.807, 2.05) is 0 Å². The largest absolute Gasteiger partial charge is 0.390 e. The second kappa shape index (κ2) is 5.80. The number of halogens is 3. The van der Waals surface area contributed by atoms with Crippen molar-refractivity contribution in [1.29, 1.82) is 0 Å². The van der Waals surface area contributed by atoms with Crippen molar-refractivity contribution < 1.29 is 14.6 Å². The third kappa shape index (κ3) is 3.41. The summed E-state index contributed by atoms with van der Waals surface area (Å²) in [5.74, 6) is -0.569. The van der Waals surface area contributed by atoms with Gasteiger partial charge in [0.1, 0.15) is 11.9 Å². The van der Waals surface area contributed by atoms with Gasteiger partial charge in [0.25, 0.3) is 0 Å². The Bertz CT molecular complexity index is 335. The molecule has 0 spiro atoms. The lowest BCUT2D eigenvalue weighted by Crippen LogP contribution is -2.19. The van der Waals surface area contributed by atoms with Crippen LogP contribution in [0.4, 0.5) is 4.39 Å². The maximum absolute atomic E-state index is 13.3. The van der Waals surface area contributed by atoms with Crippen molar-refractivity contribution in [3.63, 3.8) is 0 Å². The highest BCUT2D eigenvalue weighted by atomic mass is 79.9. The van der Waals surface area contributed by atoms with Gasteiger partial charge < -0.3 is 10.2 Å². The highest BCUT2D eigenvalue weighted by Gasteiger charge is 2.21. The lowest BCUT2D eigenvalue weighted by Gasteiger charge is -2.17. The fourth-order valence-corrected chi connectivity index (χ4v) is 1.87. The predicted octanol–water partition coefficient (Wildman–Crippen LogP) is 2.66. The Hall–Kier alpha value is -0.160. The minimum atomic E-state index is -1.25. The topological polar surface area (TPSA) is 40.5 Å². The van der Waals surface area contributed by atoms with Crippen LogP contribution in [-0.2, 0) is 0 Å². The summed E-state index contributed by atoms with van der Waals surface area (Å²) in [5.41, 5.74) is 0.0240. The molecule has 0 aromatic heterocycles. The summed E-state index contributed by atoms with van der Waals surface area (Å²) >= 11 is 8.81. The van der Waals surface area contributed by atoms with Gasteiger partial charge in [-0.3, -0.25) is 0 Å². The van der Waals surface area contributed by atoms with Crippen molar-refractivity contribution in [2.24, 2.45) is 0 Å². The average Bonchev–Trinajstić information content (AvgIpc) is 2.21. The van der Waals surface area contributed by atoms with Crippen molar-refractivity contribution in [3.05, 3.63) is 34.6 Å². The zero-order valence-electron chi connectivity index (χ0n) is 7.83. The average molecular weight is 298 g/mol. The van der Waals surface area contributed by atoms with Crippen molar-refractivity contribution in [2.45, 2.75) is 18.6 Å². The molecule has 84 valence electrons. The standard InChI is InChI=1S/C10H11BrClFO2/c11-4-3-9(14)10(15)7-5-6(12)1-2-8(7)13/h1-2,5,9-10,14-15H,3-4H2. The summed E-state index contributed by atoms with van der Waals surface area (Å²) < 4.78 is 13.3. The third-order valence-corrected chi connectivity index (χ3v) is 2.74. The first kappa shape index (κ1) is 12.9. The fourth-order valence-electron chi connectivity index (χ4n) is 1.22. The molecule has 0 aliphatic heterocycles. The highest BCUT2D eigenvalue weighted by molar-refractivity contribution is 9.09. The Labute approximate surface area is 101 Å². The summed E-state index contributed by atoms with van der Waals surface area (Å²) in [5, 5.41) is 20.0. The molecule has 0 heterocycles. The molecule has 2 atom stereocenters. The van der Waals surface area contributed by atoms with E-state index in [-0.39, 0.29) is 5.56 Å². The smallest absolute Gasteiger partial charge is 0.129 e. The van der Waals surface area contributed by atoms with Gasteiger partial charge in [-0.2, -0.15) is 0 Å². The second-order valence-electron chi connectivity index (χ2n) is 3.16. The summed E-state index contributed by atoms with van der Waals surface area (Å²) in [6, 6.07) is 3.88. The van der Waals surface area contributed by atoms with Crippen molar-refractivity contribution in [2.75, 3.05) is 5.33 Å². The first-order valence-electron chi connectivity index (χ1n) is 4.43. The Morgan fingerprint density at radius 2 is 2.07 bits per heavy atom. The summed E-state index contributed by atoms with van der Waals surface area (Å²) in [6.45, 7) is 0. The van der Waals surface area contributed by atoms with E-state index in [1.165, 1.54) is 18.2 Å². The van der Waals surface area contributed by atoms with Crippen LogP contribution in [0.2, 0.25) is 5.02 Å². The predicted molar refractivity (Wildman–Crippen MR) is 60.8 cm³/mol. The number of hydrogen-bond acceptors (Lipinski definition) is 2. The molecular formula is C10H11BrClFO2. The Morgan fingerprint density at radius 3 is 2.67 bits per heavy atom. The van der Waals surface area contributed by atoms with Crippen LogP contribution in [0.5, 0.6) is 0 Å². The van der Waals surface area contributed by atoms with Crippen LogP contribution in [0, 0.1) is 5.82 Å². The molecule has 15 heavy (non-hydrogen) atoms. The van der Waals surface area contributed by atoms with Gasteiger partial charge in [0.15, 0.2) is 0 Å². The molecule has 0 amide bonds. The van der Waals surface area contributed by atoms with E-state index in [4.69, 9.17) is 11.6 Å². The van der Waals surface area contributed by atoms with E-state index < -0.39 is 18.0 Å². The van der Waals surface area contributed by atoms with Crippen molar-refractivity contribution in [3.8, 4) is 0 Å². The van der Waals surface area contributed by atoms with E-state index in [0.717, 1.165) is 0 Å². The van der Waals surface area contributed by atoms with Crippen LogP contribution in [0.15, 0.2) is 18.2 Å². The van der Waals surface area contributed by atoms with Gasteiger partial charge in [-0.15, -0.1) is 0 Å². The number of hydrogen-bond donors (Lipinski definition) is 2. The lowest BCUT2D eigenvalue weighted by molar-refractivity contribution is 0.0153. The Morgan fingerprint density at radius 1 is 1.40 bits per heavy atom. The van der Waals surface area contributed by atoms with E-state index in [9.17, 15) is 14.6 Å². The summed E-state index contributed by atoms with van der Waals surface area (Å²) in [6.07, 6.45) is -1.91. The van der Waals surface area contributed by atoms with Gasteiger partial charge >= 0.3 is 0 Å². The van der Waals surface area contributed by atoms with Crippen LogP contribution in [0.25, 0.3) is 0 Å². The van der Waals surface area contributed by atoms with Crippen LogP contribution >= 0.6 is 27.5 Å². The van der Waals surface area contributed by atoms with Crippen molar-refractivity contribution >= 4 is 27.5 Å². The molecular weight excluding hydrogens is 286 g/mol. The second-order valence-corrected chi connectivity index (χ2v) is 4.39. The monoisotopic (exact) mass is 296 g/mol. The first-order chi connectivity index (χ1) is 7.06. The Balaban J connectivity index is 2.89. The molecule has 2 unspecified atom stereocenters. The maximum Gasteiger partial charge on any atom is 0.129 e. The van der Waals surface area contributed by atoms with E-state index in [0.29, 0.717) is 16.8 Å². The van der Waals surface area contributed by atoms with E-state index in [2.05, 4.69) is 15.9 Å². The fraction of sp³-hybridized carbons (Fsp3) is 0.400. The van der Waals surface area contributed by atoms with Gasteiger partial charge in [-0.25, -0.2) is 4.39 Å². The molecule has 1 rings (SSSR count). The van der Waals surface area contributed by atoms with Gasteiger partial charge in [0, 0.05) is 15.9 Å². The normalized spacial score (nSPS) is 15.0. The number of aliphatic hydroxyl groups is 2. The van der Waals surface area contributed by atoms with Gasteiger partial charge in [0.2, 0.25) is 0 Å². The van der Waals surface area contributed by atoms with Gasteiger partial charge in [0.05, 0.1) is 6.10 Å². The molecule has 0 radical (unpaired) electrons. The first-order valence-corrected chi connectivity index (χ1v) is 5.93. The molecule has 0 fully saturated rings. The summed E-state index contributed by atoms with van der Waals surface area (Å²) in [7, 11) is 0. The quantitative estimate of drug-likeness (QED) is 0.839. The molecule has 0 aliphatic rings. The number of benzene rings is 1. The number of aliphatic hydroxyl groups excluding tert-OH is 2. The van der Waals surface area contributed by atoms with E-state index in [1.54, 1.807) is 0 Å². The molecule has 1 aromatic carbocycles. The third-order valence-electron chi connectivity index (χ3n) is 2.05. The van der Waals surface area contributed by atoms with E-state index >= 15 is 0 Å². The minimum Gasteiger partial charge on any atom is -0.390 e. The zero-order chi connectivity index (χ0) is 11.4. The van der Waals surface area contributed by atoms with Crippen LogP contribution in [0.1, 0.15) is 18.1 Å². The van der Waals surface area contributed by atoms with Crippen LogP contribution < -0.4 is 0 Å². The van der Waals surface area contributed by atoms with Crippen molar-refractivity contribution in [1.82, 2.24) is 0 Å². The molecule has 2 N–H and O–H groups in total. The molecule has 5 heteroatoms. The highest BCUT2D eigenvalue weighted by Crippen LogP contribution is 2.25. The molecule has 0 saturated carbocycles. The Kier molecular flexibility index (Phi) is 4.99. The zero-order valence-corrected chi connectivity index (χ0v) is 10.2. The van der Waals surface area contributed by atoms with Crippen LogP contribution in [0.3, 0.4) is 0 Å². The number of rotatable bonds is 4. The molecule has 0 bridgehead atoms. The molecule has 1 aromatic rings. The van der Waals surface area contributed by atoms with Gasteiger partial charge in [-0.05, 0) is 24.6 Å². The number of alkyl halides is 1. The minimum absolute atomic E-state index is 0.0240. The SMILES string of the molecule is OC(CCBr)C(O)c1cc(Cl)ccc1F. The molecule has 0 aliphatic carbocycles.